The molecule has 0 saturated heterocycles. The van der Waals surface area contributed by atoms with Gasteiger partial charge in [0, 0.05) is 17.8 Å². The van der Waals surface area contributed by atoms with Crippen molar-refractivity contribution in [2.45, 2.75) is 27.2 Å². The van der Waals surface area contributed by atoms with Crippen LogP contribution in [-0.4, -0.2) is 25.1 Å². The molecule has 1 aliphatic rings. The van der Waals surface area contributed by atoms with Crippen LogP contribution in [0, 0.1) is 30.6 Å². The molecule has 0 heterocycles. The fourth-order valence-electron chi connectivity index (χ4n) is 7.38. The number of nitrogens with one attached hydrogen (secondary N) is 2. The van der Waals surface area contributed by atoms with Gasteiger partial charge in [-0.3, -0.25) is 10.8 Å². The SMILES string of the molecule is CC1C=CC(C(=N)c2ccccc2)=CC1.CN.Cc1cccc(-c2ccccc2-c2cccc(C)c2)c1.N=C(c1ccc(-c2ccccc2)cc1)c1ccc(-c2ccccc2)cc1.NCN. The van der Waals surface area contributed by atoms with E-state index < -0.39 is 0 Å². The normalized spacial score (nSPS) is 12.2. The Kier molecular flexibility index (Phi) is 19.7. The van der Waals surface area contributed by atoms with E-state index in [-0.39, 0.29) is 6.67 Å². The van der Waals surface area contributed by atoms with Gasteiger partial charge in [0.2, 0.25) is 0 Å². The predicted octanol–water partition coefficient (Wildman–Crippen LogP) is 14.1. The monoisotopic (exact) mass is 866 g/mol. The van der Waals surface area contributed by atoms with E-state index in [9.17, 15) is 0 Å². The Balaban J connectivity index is 0.000000183. The fourth-order valence-corrected chi connectivity index (χ4v) is 7.38. The smallest absolute Gasteiger partial charge is 0.0684 e. The van der Waals surface area contributed by atoms with Crippen LogP contribution in [0.4, 0.5) is 0 Å². The molecule has 0 aromatic heterocycles. The van der Waals surface area contributed by atoms with E-state index in [1.807, 2.05) is 91.0 Å². The van der Waals surface area contributed by atoms with E-state index >= 15 is 0 Å². The van der Waals surface area contributed by atoms with Gasteiger partial charge in [0.25, 0.3) is 0 Å². The van der Waals surface area contributed by atoms with Crippen molar-refractivity contribution in [3.05, 3.63) is 264 Å². The Hall–Kier alpha value is -7.54. The molecule has 1 aliphatic carbocycles. The lowest BCUT2D eigenvalue weighted by Crippen LogP contribution is -2.08. The van der Waals surface area contributed by atoms with Crippen molar-refractivity contribution in [3.8, 4) is 44.5 Å². The van der Waals surface area contributed by atoms with E-state index in [0.717, 1.165) is 28.7 Å². The van der Waals surface area contributed by atoms with Crippen molar-refractivity contribution in [2.24, 2.45) is 23.1 Å². The Morgan fingerprint density at radius 2 is 0.788 bits per heavy atom. The number of nitrogens with two attached hydrogens (primary N) is 3. The summed E-state index contributed by atoms with van der Waals surface area (Å²) >= 11 is 0. The third-order valence-corrected chi connectivity index (χ3v) is 10.8. The standard InChI is InChI=1S/C25H19N.C20H18.C14H15N.CH6N2.CH5N/c26-25(23-15-11-21(12-16-23)19-7-3-1-4-8-19)24-17-13-22(14-18-24)20-9-5-2-6-10-20;1-15-7-5-9-17(13-15)19-11-3-4-12-20(19)18-10-6-8-16(2)14-18;1-11-7-9-13(10-8-11)14(15)12-5-3-2-4-6-12;2-1-3;1-2/h1-18,26H;3-14H,1-2H3;2-7,9-11,15H,8H2,1H3;1-3H2;2H2,1H3. The molecule has 66 heavy (non-hydrogen) atoms. The topological polar surface area (TPSA) is 126 Å². The Labute approximate surface area is 393 Å². The summed E-state index contributed by atoms with van der Waals surface area (Å²) in [5.41, 5.74) is 31.3. The van der Waals surface area contributed by atoms with E-state index in [0.29, 0.717) is 17.3 Å². The van der Waals surface area contributed by atoms with Gasteiger partial charge >= 0.3 is 0 Å². The van der Waals surface area contributed by atoms with E-state index in [1.54, 1.807) is 0 Å². The van der Waals surface area contributed by atoms with E-state index in [4.69, 9.17) is 10.8 Å². The molecule has 1 unspecified atom stereocenters. The molecule has 0 aliphatic heterocycles. The summed E-state index contributed by atoms with van der Waals surface area (Å²) in [5, 5.41) is 16.6. The highest BCUT2D eigenvalue weighted by Gasteiger charge is 2.10. The van der Waals surface area contributed by atoms with Crippen molar-refractivity contribution in [1.82, 2.24) is 0 Å². The van der Waals surface area contributed by atoms with E-state index in [2.05, 4.69) is 178 Å². The fraction of sp³-hybridized carbons (Fsp3) is 0.115. The molecule has 0 radical (unpaired) electrons. The number of rotatable bonds is 8. The molecule has 0 amide bonds. The molecule has 5 nitrogen and oxygen atoms in total. The van der Waals surface area contributed by atoms with Crippen LogP contribution in [-0.2, 0) is 0 Å². The minimum Gasteiger partial charge on any atom is -0.333 e. The van der Waals surface area contributed by atoms with Gasteiger partial charge in [-0.1, -0.05) is 249 Å². The first-order valence-electron chi connectivity index (χ1n) is 22.4. The lowest BCUT2D eigenvalue weighted by atomic mass is 9.93. The lowest BCUT2D eigenvalue weighted by molar-refractivity contribution is 0.734. The van der Waals surface area contributed by atoms with Crippen LogP contribution < -0.4 is 17.2 Å². The summed E-state index contributed by atoms with van der Waals surface area (Å²) in [5.74, 6) is 0.609. The van der Waals surface area contributed by atoms with Crippen LogP contribution in [0.5, 0.6) is 0 Å². The van der Waals surface area contributed by atoms with Crippen molar-refractivity contribution in [2.75, 3.05) is 13.7 Å². The van der Waals surface area contributed by atoms with Gasteiger partial charge < -0.3 is 17.2 Å². The van der Waals surface area contributed by atoms with Gasteiger partial charge in [0.15, 0.2) is 0 Å². The van der Waals surface area contributed by atoms with Gasteiger partial charge in [-0.05, 0) is 88.9 Å². The van der Waals surface area contributed by atoms with Crippen molar-refractivity contribution in [3.63, 3.8) is 0 Å². The highest BCUT2D eigenvalue weighted by atomic mass is 14.7. The molecule has 8 aromatic rings. The van der Waals surface area contributed by atoms with Crippen molar-refractivity contribution in [1.29, 1.82) is 10.8 Å². The summed E-state index contributed by atoms with van der Waals surface area (Å²) < 4.78 is 0. The predicted molar refractivity (Wildman–Crippen MR) is 284 cm³/mol. The number of hydrogen-bond acceptors (Lipinski definition) is 5. The molecule has 9 rings (SSSR count). The molecule has 0 saturated carbocycles. The second-order valence-corrected chi connectivity index (χ2v) is 15.8. The maximum Gasteiger partial charge on any atom is 0.0684 e. The van der Waals surface area contributed by atoms with Crippen molar-refractivity contribution >= 4 is 11.4 Å². The van der Waals surface area contributed by atoms with Crippen LogP contribution in [0.3, 0.4) is 0 Å². The van der Waals surface area contributed by atoms with Gasteiger partial charge in [-0.25, -0.2) is 0 Å². The number of hydrogen-bond donors (Lipinski definition) is 5. The second kappa shape index (κ2) is 26.3. The maximum absolute atomic E-state index is 8.52. The lowest BCUT2D eigenvalue weighted by Gasteiger charge is -2.12. The second-order valence-electron chi connectivity index (χ2n) is 15.8. The Bertz CT molecular complexity index is 2620. The molecule has 0 bridgehead atoms. The Morgan fingerprint density at radius 3 is 1.17 bits per heavy atom. The zero-order valence-corrected chi connectivity index (χ0v) is 38.7. The quantitative estimate of drug-likeness (QED) is 0.0771. The molecule has 0 fully saturated rings. The minimum atomic E-state index is 0.250. The average molecular weight is 866 g/mol. The number of allylic oxidation sites excluding steroid dienone is 4. The highest BCUT2D eigenvalue weighted by Crippen LogP contribution is 2.33. The van der Waals surface area contributed by atoms with Crippen LogP contribution in [0.2, 0.25) is 0 Å². The first kappa shape index (κ1) is 49.5. The third-order valence-electron chi connectivity index (χ3n) is 10.8. The molecular formula is C61H63N5. The zero-order valence-electron chi connectivity index (χ0n) is 38.7. The molecule has 0 spiro atoms. The van der Waals surface area contributed by atoms with Crippen LogP contribution in [0.1, 0.15) is 41.2 Å². The van der Waals surface area contributed by atoms with Crippen molar-refractivity contribution < 1.29 is 0 Å². The minimum absolute atomic E-state index is 0.250. The summed E-state index contributed by atoms with van der Waals surface area (Å²) in [6.07, 6.45) is 7.43. The molecule has 8 aromatic carbocycles. The maximum atomic E-state index is 8.52. The number of benzene rings is 8. The summed E-state index contributed by atoms with van der Waals surface area (Å²) in [6, 6.07) is 72.9. The highest BCUT2D eigenvalue weighted by molar-refractivity contribution is 6.12. The largest absolute Gasteiger partial charge is 0.333 e. The van der Waals surface area contributed by atoms with Crippen LogP contribution in [0.25, 0.3) is 44.5 Å². The molecule has 5 heteroatoms. The number of aryl methyl sites for hydroxylation is 2. The van der Waals surface area contributed by atoms with Gasteiger partial charge in [-0.15, -0.1) is 0 Å². The molecule has 1 atom stereocenters. The average Bonchev–Trinajstić information content (AvgIpc) is 3.38. The molecule has 8 N–H and O–H groups in total. The van der Waals surface area contributed by atoms with Gasteiger partial charge in [-0.2, -0.15) is 0 Å². The van der Waals surface area contributed by atoms with Crippen LogP contribution in [0.15, 0.2) is 236 Å². The summed E-state index contributed by atoms with van der Waals surface area (Å²) in [4.78, 5) is 0. The Morgan fingerprint density at radius 1 is 0.439 bits per heavy atom. The van der Waals surface area contributed by atoms with Gasteiger partial charge in [0.05, 0.1) is 11.4 Å². The molecule has 332 valence electrons. The third kappa shape index (κ3) is 14.5. The van der Waals surface area contributed by atoms with E-state index in [1.165, 1.54) is 62.7 Å². The van der Waals surface area contributed by atoms with Crippen LogP contribution >= 0.6 is 0 Å². The molecular weight excluding hydrogens is 803 g/mol. The summed E-state index contributed by atoms with van der Waals surface area (Å²) in [7, 11) is 1.50. The summed E-state index contributed by atoms with van der Waals surface area (Å²) in [6.45, 7) is 6.72. The zero-order chi connectivity index (χ0) is 47.1. The first-order valence-corrected chi connectivity index (χ1v) is 22.4. The first-order chi connectivity index (χ1) is 32.2. The van der Waals surface area contributed by atoms with Gasteiger partial charge in [0.1, 0.15) is 0 Å².